The molecule has 4 heterocycles. The Labute approximate surface area is 154 Å². The van der Waals surface area contributed by atoms with Gasteiger partial charge in [0.15, 0.2) is 0 Å². The maximum Gasteiger partial charge on any atom is 0.318 e. The van der Waals surface area contributed by atoms with E-state index in [-0.39, 0.29) is 6.04 Å². The van der Waals surface area contributed by atoms with Crippen molar-refractivity contribution >= 4 is 5.82 Å². The number of likely N-dealkylation sites (tertiary alicyclic amines) is 1. The average Bonchev–Trinajstić information content (AvgIpc) is 3.28. The third-order valence-corrected chi connectivity index (χ3v) is 5.61. The molecule has 0 spiro atoms. The largest absolute Gasteiger partial charge is 0.462 e. The van der Waals surface area contributed by atoms with E-state index in [4.69, 9.17) is 15.0 Å². The van der Waals surface area contributed by atoms with Gasteiger partial charge in [0.05, 0.1) is 18.2 Å². The molecular formula is C18H27N7O. The summed E-state index contributed by atoms with van der Waals surface area (Å²) >= 11 is 0. The maximum absolute atomic E-state index is 9.00. The molecule has 2 saturated heterocycles. The molecule has 0 radical (unpaired) electrons. The van der Waals surface area contributed by atoms with Crippen LogP contribution in [-0.2, 0) is 13.1 Å². The molecule has 4 rings (SSSR count). The van der Waals surface area contributed by atoms with E-state index in [1.165, 1.54) is 18.4 Å². The minimum Gasteiger partial charge on any atom is -0.462 e. The Morgan fingerprint density at radius 2 is 2.23 bits per heavy atom. The van der Waals surface area contributed by atoms with Gasteiger partial charge in [-0.05, 0) is 26.4 Å². The zero-order valence-corrected chi connectivity index (χ0v) is 15.4. The summed E-state index contributed by atoms with van der Waals surface area (Å²) in [5.41, 5.74) is 2.22. The Balaban J connectivity index is 1.52. The Morgan fingerprint density at radius 3 is 3.04 bits per heavy atom. The van der Waals surface area contributed by atoms with E-state index >= 15 is 0 Å². The Kier molecular flexibility index (Phi) is 5.20. The summed E-state index contributed by atoms with van der Waals surface area (Å²) in [4.78, 5) is 14.0. The van der Waals surface area contributed by atoms with Gasteiger partial charge in [0.2, 0.25) is 0 Å². The minimum atomic E-state index is 0.185. The summed E-state index contributed by atoms with van der Waals surface area (Å²) in [6, 6.07) is 3.39. The van der Waals surface area contributed by atoms with E-state index in [0.29, 0.717) is 25.1 Å². The number of fused-ring (bicyclic) bond motifs is 1. The zero-order valence-electron chi connectivity index (χ0n) is 15.4. The number of anilines is 1. The molecule has 1 aromatic rings. The van der Waals surface area contributed by atoms with E-state index in [2.05, 4.69) is 38.5 Å². The van der Waals surface area contributed by atoms with Crippen LogP contribution >= 0.6 is 0 Å². The van der Waals surface area contributed by atoms with Gasteiger partial charge < -0.3 is 25.2 Å². The SMILES string of the molecule is CN1CCC[C@H]1COc1nc2c(c(N3CCN[C@@H](CC#N)C3)n1)CNC2. The predicted molar refractivity (Wildman–Crippen MR) is 98.0 cm³/mol. The van der Waals surface area contributed by atoms with Crippen LogP contribution in [0.3, 0.4) is 0 Å². The van der Waals surface area contributed by atoms with E-state index in [1.54, 1.807) is 0 Å². The molecule has 1 aromatic heterocycles. The molecule has 0 aromatic carbocycles. The van der Waals surface area contributed by atoms with Gasteiger partial charge in [0.1, 0.15) is 12.4 Å². The van der Waals surface area contributed by atoms with Crippen LogP contribution in [0.1, 0.15) is 30.5 Å². The van der Waals surface area contributed by atoms with Gasteiger partial charge in [-0.25, -0.2) is 0 Å². The molecule has 140 valence electrons. The summed E-state index contributed by atoms with van der Waals surface area (Å²) < 4.78 is 6.01. The van der Waals surface area contributed by atoms with Crippen LogP contribution in [0.15, 0.2) is 0 Å². The molecule has 8 nitrogen and oxygen atoms in total. The standard InChI is InChI=1S/C18H27N7O/c1-24-7-2-3-14(24)12-26-18-22-16-10-20-9-15(16)17(23-18)25-8-6-21-13(11-25)4-5-19/h13-14,20-21H,2-4,6-12H2,1H3/t13-,14-/m0/s1. The van der Waals surface area contributed by atoms with Gasteiger partial charge in [0, 0.05) is 50.4 Å². The van der Waals surface area contributed by atoms with Crippen molar-refractivity contribution in [2.45, 2.75) is 44.4 Å². The molecule has 3 aliphatic heterocycles. The molecule has 2 atom stereocenters. The number of ether oxygens (including phenoxy) is 1. The number of nitrogens with zero attached hydrogens (tertiary/aromatic N) is 5. The first-order valence-corrected chi connectivity index (χ1v) is 9.53. The number of hydrogen-bond donors (Lipinski definition) is 2. The normalized spacial score (nSPS) is 25.9. The van der Waals surface area contributed by atoms with Gasteiger partial charge >= 0.3 is 6.01 Å². The quantitative estimate of drug-likeness (QED) is 0.775. The van der Waals surface area contributed by atoms with Crippen LogP contribution in [0, 0.1) is 11.3 Å². The first-order valence-electron chi connectivity index (χ1n) is 9.53. The van der Waals surface area contributed by atoms with Gasteiger partial charge in [-0.3, -0.25) is 0 Å². The summed E-state index contributed by atoms with van der Waals surface area (Å²) in [6.45, 7) is 5.87. The number of nitriles is 1. The summed E-state index contributed by atoms with van der Waals surface area (Å²) in [5, 5.41) is 15.8. The van der Waals surface area contributed by atoms with Crippen molar-refractivity contribution in [1.29, 1.82) is 5.26 Å². The number of aromatic nitrogens is 2. The van der Waals surface area contributed by atoms with Gasteiger partial charge in [-0.1, -0.05) is 0 Å². The third-order valence-electron chi connectivity index (χ3n) is 5.61. The Bertz CT molecular complexity index is 689. The molecule has 0 amide bonds. The topological polar surface area (TPSA) is 89.3 Å². The molecule has 26 heavy (non-hydrogen) atoms. The van der Waals surface area contributed by atoms with Gasteiger partial charge in [-0.15, -0.1) is 0 Å². The lowest BCUT2D eigenvalue weighted by Gasteiger charge is -2.34. The minimum absolute atomic E-state index is 0.185. The number of nitrogens with one attached hydrogen (secondary N) is 2. The smallest absolute Gasteiger partial charge is 0.318 e. The molecular weight excluding hydrogens is 330 g/mol. The summed E-state index contributed by atoms with van der Waals surface area (Å²) in [7, 11) is 2.15. The third kappa shape index (κ3) is 3.61. The van der Waals surface area contributed by atoms with Crippen molar-refractivity contribution in [3.63, 3.8) is 0 Å². The van der Waals surface area contributed by atoms with E-state index < -0.39 is 0 Å². The van der Waals surface area contributed by atoms with Crippen molar-refractivity contribution in [2.75, 3.05) is 44.7 Å². The lowest BCUT2D eigenvalue weighted by Crippen LogP contribution is -2.51. The second kappa shape index (κ2) is 7.74. The maximum atomic E-state index is 9.00. The van der Waals surface area contributed by atoms with Crippen molar-refractivity contribution in [1.82, 2.24) is 25.5 Å². The van der Waals surface area contributed by atoms with Crippen LogP contribution < -0.4 is 20.3 Å². The summed E-state index contributed by atoms with van der Waals surface area (Å²) in [5.74, 6) is 0.971. The first-order chi connectivity index (χ1) is 12.7. The second-order valence-corrected chi connectivity index (χ2v) is 7.41. The first kappa shape index (κ1) is 17.5. The second-order valence-electron chi connectivity index (χ2n) is 7.41. The molecule has 0 unspecified atom stereocenters. The highest BCUT2D eigenvalue weighted by atomic mass is 16.5. The molecule has 2 fully saturated rings. The van der Waals surface area contributed by atoms with E-state index in [1.807, 2.05) is 0 Å². The molecule has 3 aliphatic rings. The highest BCUT2D eigenvalue weighted by Crippen LogP contribution is 2.28. The average molecular weight is 357 g/mol. The fraction of sp³-hybridized carbons (Fsp3) is 0.722. The molecule has 0 saturated carbocycles. The van der Waals surface area contributed by atoms with Crippen molar-refractivity contribution in [2.24, 2.45) is 0 Å². The summed E-state index contributed by atoms with van der Waals surface area (Å²) in [6.07, 6.45) is 2.91. The van der Waals surface area contributed by atoms with Crippen molar-refractivity contribution < 1.29 is 4.74 Å². The number of hydrogen-bond acceptors (Lipinski definition) is 8. The highest BCUT2D eigenvalue weighted by molar-refractivity contribution is 5.52. The van der Waals surface area contributed by atoms with Gasteiger partial charge in [-0.2, -0.15) is 15.2 Å². The van der Waals surface area contributed by atoms with Crippen LogP contribution in [-0.4, -0.2) is 66.8 Å². The molecule has 2 N–H and O–H groups in total. The van der Waals surface area contributed by atoms with Crippen LogP contribution in [0.25, 0.3) is 0 Å². The fourth-order valence-corrected chi connectivity index (χ4v) is 4.08. The molecule has 8 heteroatoms. The Morgan fingerprint density at radius 1 is 1.31 bits per heavy atom. The lowest BCUT2D eigenvalue weighted by atomic mass is 10.1. The number of piperazine rings is 1. The van der Waals surface area contributed by atoms with Crippen molar-refractivity contribution in [3.05, 3.63) is 11.3 Å². The van der Waals surface area contributed by atoms with E-state index in [0.717, 1.165) is 50.8 Å². The highest BCUT2D eigenvalue weighted by Gasteiger charge is 2.28. The molecule has 0 bridgehead atoms. The monoisotopic (exact) mass is 357 g/mol. The number of likely N-dealkylation sites (N-methyl/N-ethyl adjacent to an activating group) is 1. The predicted octanol–water partition coefficient (Wildman–Crippen LogP) is 0.245. The Hall–Kier alpha value is -1.95. The van der Waals surface area contributed by atoms with E-state index in [9.17, 15) is 0 Å². The fourth-order valence-electron chi connectivity index (χ4n) is 4.08. The lowest BCUT2D eigenvalue weighted by molar-refractivity contribution is 0.187. The zero-order chi connectivity index (χ0) is 17.9. The number of rotatable bonds is 5. The van der Waals surface area contributed by atoms with Gasteiger partial charge in [0.25, 0.3) is 0 Å². The van der Waals surface area contributed by atoms with Crippen molar-refractivity contribution in [3.8, 4) is 12.1 Å². The van der Waals surface area contributed by atoms with Crippen LogP contribution in [0.5, 0.6) is 6.01 Å². The van der Waals surface area contributed by atoms with Crippen LogP contribution in [0.4, 0.5) is 5.82 Å². The van der Waals surface area contributed by atoms with Crippen LogP contribution in [0.2, 0.25) is 0 Å². The molecule has 0 aliphatic carbocycles.